The SMILES string of the molecule is NCC1(c2ccc(F)c(F)c2O)CCCC1. The molecule has 1 aliphatic carbocycles. The van der Waals surface area contributed by atoms with Gasteiger partial charge in [0, 0.05) is 17.5 Å². The molecule has 0 saturated heterocycles. The Morgan fingerprint density at radius 3 is 2.44 bits per heavy atom. The summed E-state index contributed by atoms with van der Waals surface area (Å²) in [5, 5.41) is 9.66. The lowest BCUT2D eigenvalue weighted by molar-refractivity contribution is 0.369. The average molecular weight is 227 g/mol. The van der Waals surface area contributed by atoms with Crippen LogP contribution in [0.4, 0.5) is 8.78 Å². The van der Waals surface area contributed by atoms with Crippen molar-refractivity contribution in [3.05, 3.63) is 29.3 Å². The Kier molecular flexibility index (Phi) is 2.84. The number of benzene rings is 1. The van der Waals surface area contributed by atoms with Gasteiger partial charge in [-0.25, -0.2) is 4.39 Å². The molecule has 0 unspecified atom stereocenters. The molecule has 1 aromatic carbocycles. The van der Waals surface area contributed by atoms with Crippen LogP contribution in [0, 0.1) is 11.6 Å². The summed E-state index contributed by atoms with van der Waals surface area (Å²) in [7, 11) is 0. The second-order valence-corrected chi connectivity index (χ2v) is 4.45. The van der Waals surface area contributed by atoms with Crippen molar-refractivity contribution in [1.82, 2.24) is 0 Å². The molecule has 0 atom stereocenters. The largest absolute Gasteiger partial charge is 0.505 e. The van der Waals surface area contributed by atoms with E-state index in [1.54, 1.807) is 0 Å². The maximum Gasteiger partial charge on any atom is 0.200 e. The minimum atomic E-state index is -1.17. The van der Waals surface area contributed by atoms with Gasteiger partial charge in [0.05, 0.1) is 0 Å². The summed E-state index contributed by atoms with van der Waals surface area (Å²) < 4.78 is 26.2. The fourth-order valence-corrected chi connectivity index (χ4v) is 2.60. The smallest absolute Gasteiger partial charge is 0.200 e. The van der Waals surface area contributed by atoms with E-state index in [4.69, 9.17) is 5.73 Å². The van der Waals surface area contributed by atoms with Crippen molar-refractivity contribution in [2.75, 3.05) is 6.54 Å². The van der Waals surface area contributed by atoms with Gasteiger partial charge in [0.15, 0.2) is 11.6 Å². The lowest BCUT2D eigenvalue weighted by atomic mass is 9.78. The average Bonchev–Trinajstić information content (AvgIpc) is 2.76. The van der Waals surface area contributed by atoms with Gasteiger partial charge in [0.2, 0.25) is 5.82 Å². The fraction of sp³-hybridized carbons (Fsp3) is 0.500. The molecular formula is C12H15F2NO. The van der Waals surface area contributed by atoms with E-state index in [1.807, 2.05) is 0 Å². The van der Waals surface area contributed by atoms with E-state index >= 15 is 0 Å². The molecule has 1 fully saturated rings. The van der Waals surface area contributed by atoms with Crippen LogP contribution in [0.3, 0.4) is 0 Å². The van der Waals surface area contributed by atoms with E-state index in [0.29, 0.717) is 12.1 Å². The Morgan fingerprint density at radius 2 is 1.88 bits per heavy atom. The van der Waals surface area contributed by atoms with Gasteiger partial charge in [-0.2, -0.15) is 4.39 Å². The van der Waals surface area contributed by atoms with Gasteiger partial charge in [-0.05, 0) is 18.9 Å². The van der Waals surface area contributed by atoms with E-state index < -0.39 is 17.4 Å². The van der Waals surface area contributed by atoms with Gasteiger partial charge in [0.1, 0.15) is 0 Å². The van der Waals surface area contributed by atoms with Crippen molar-refractivity contribution in [1.29, 1.82) is 0 Å². The van der Waals surface area contributed by atoms with Gasteiger partial charge in [0.25, 0.3) is 0 Å². The van der Waals surface area contributed by atoms with Crippen LogP contribution in [0.25, 0.3) is 0 Å². The van der Waals surface area contributed by atoms with Gasteiger partial charge in [-0.1, -0.05) is 18.9 Å². The Labute approximate surface area is 93.1 Å². The van der Waals surface area contributed by atoms with Gasteiger partial charge < -0.3 is 10.8 Å². The molecule has 0 heterocycles. The molecule has 1 aromatic rings. The molecule has 0 bridgehead atoms. The molecule has 16 heavy (non-hydrogen) atoms. The monoisotopic (exact) mass is 227 g/mol. The number of halogens is 2. The van der Waals surface area contributed by atoms with E-state index in [1.165, 1.54) is 6.07 Å². The van der Waals surface area contributed by atoms with Crippen LogP contribution < -0.4 is 5.73 Å². The summed E-state index contributed by atoms with van der Waals surface area (Å²) in [5.74, 6) is -2.77. The number of phenolic OH excluding ortho intramolecular Hbond substituents is 1. The van der Waals surface area contributed by atoms with Crippen LogP contribution >= 0.6 is 0 Å². The second-order valence-electron chi connectivity index (χ2n) is 4.45. The first kappa shape index (κ1) is 11.3. The molecule has 1 saturated carbocycles. The summed E-state index contributed by atoms with van der Waals surface area (Å²) in [5.41, 5.74) is 5.80. The van der Waals surface area contributed by atoms with E-state index in [2.05, 4.69) is 0 Å². The molecule has 88 valence electrons. The van der Waals surface area contributed by atoms with Crippen LogP contribution in [0.15, 0.2) is 12.1 Å². The molecule has 0 aromatic heterocycles. The third-order valence-corrected chi connectivity index (χ3v) is 3.59. The molecule has 2 rings (SSSR count). The molecule has 0 spiro atoms. The Balaban J connectivity index is 2.51. The van der Waals surface area contributed by atoms with E-state index in [0.717, 1.165) is 31.7 Å². The van der Waals surface area contributed by atoms with Crippen LogP contribution in [-0.2, 0) is 5.41 Å². The predicted molar refractivity (Wildman–Crippen MR) is 57.2 cm³/mol. The van der Waals surface area contributed by atoms with E-state index in [9.17, 15) is 13.9 Å². The molecule has 1 aliphatic rings. The highest BCUT2D eigenvalue weighted by Gasteiger charge is 2.37. The number of hydrogen-bond acceptors (Lipinski definition) is 2. The first-order chi connectivity index (χ1) is 7.60. The molecule has 4 heteroatoms. The van der Waals surface area contributed by atoms with Crippen LogP contribution in [0.5, 0.6) is 5.75 Å². The maximum absolute atomic E-state index is 13.3. The van der Waals surface area contributed by atoms with Crippen molar-refractivity contribution in [2.45, 2.75) is 31.1 Å². The predicted octanol–water partition coefficient (Wildman–Crippen LogP) is 2.44. The number of hydrogen-bond donors (Lipinski definition) is 2. The van der Waals surface area contributed by atoms with Crippen LogP contribution in [0.2, 0.25) is 0 Å². The maximum atomic E-state index is 13.3. The number of rotatable bonds is 2. The number of aromatic hydroxyl groups is 1. The van der Waals surface area contributed by atoms with Crippen molar-refractivity contribution in [3.8, 4) is 5.75 Å². The van der Waals surface area contributed by atoms with Gasteiger partial charge in [-0.15, -0.1) is 0 Å². The Hall–Kier alpha value is -1.16. The highest BCUT2D eigenvalue weighted by molar-refractivity contribution is 5.41. The number of nitrogens with two attached hydrogens (primary N) is 1. The normalized spacial score (nSPS) is 18.9. The minimum absolute atomic E-state index is 0.353. The molecular weight excluding hydrogens is 212 g/mol. The first-order valence-electron chi connectivity index (χ1n) is 5.48. The summed E-state index contributed by atoms with van der Waals surface area (Å²) in [6.07, 6.45) is 3.66. The summed E-state index contributed by atoms with van der Waals surface area (Å²) >= 11 is 0. The Bertz CT molecular complexity index is 400. The zero-order chi connectivity index (χ0) is 11.8. The summed E-state index contributed by atoms with van der Waals surface area (Å²) in [6, 6.07) is 2.51. The topological polar surface area (TPSA) is 46.2 Å². The van der Waals surface area contributed by atoms with Gasteiger partial charge >= 0.3 is 0 Å². The Morgan fingerprint density at radius 1 is 1.25 bits per heavy atom. The van der Waals surface area contributed by atoms with Gasteiger partial charge in [-0.3, -0.25) is 0 Å². The first-order valence-corrected chi connectivity index (χ1v) is 5.48. The van der Waals surface area contributed by atoms with Crippen molar-refractivity contribution in [3.63, 3.8) is 0 Å². The lowest BCUT2D eigenvalue weighted by Gasteiger charge is -2.28. The van der Waals surface area contributed by atoms with E-state index in [-0.39, 0.29) is 5.41 Å². The molecule has 0 amide bonds. The highest BCUT2D eigenvalue weighted by atomic mass is 19.2. The minimum Gasteiger partial charge on any atom is -0.505 e. The van der Waals surface area contributed by atoms with Crippen LogP contribution in [-0.4, -0.2) is 11.7 Å². The molecule has 3 N–H and O–H groups in total. The zero-order valence-corrected chi connectivity index (χ0v) is 8.97. The standard InChI is InChI=1S/C12H15F2NO/c13-9-4-3-8(11(16)10(9)14)12(7-15)5-1-2-6-12/h3-4,16H,1-2,5-7,15H2. The van der Waals surface area contributed by atoms with Crippen molar-refractivity contribution in [2.24, 2.45) is 5.73 Å². The summed E-state index contributed by atoms with van der Waals surface area (Å²) in [6.45, 7) is 0.353. The summed E-state index contributed by atoms with van der Waals surface area (Å²) in [4.78, 5) is 0. The number of phenols is 1. The third-order valence-electron chi connectivity index (χ3n) is 3.59. The van der Waals surface area contributed by atoms with Crippen molar-refractivity contribution < 1.29 is 13.9 Å². The molecule has 0 radical (unpaired) electrons. The molecule has 0 aliphatic heterocycles. The zero-order valence-electron chi connectivity index (χ0n) is 8.97. The lowest BCUT2D eigenvalue weighted by Crippen LogP contribution is -2.32. The highest BCUT2D eigenvalue weighted by Crippen LogP contribution is 2.44. The third kappa shape index (κ3) is 1.57. The quantitative estimate of drug-likeness (QED) is 0.815. The fourth-order valence-electron chi connectivity index (χ4n) is 2.60. The molecule has 2 nitrogen and oxygen atoms in total. The van der Waals surface area contributed by atoms with Crippen molar-refractivity contribution >= 4 is 0 Å². The second kappa shape index (κ2) is 4.01. The van der Waals surface area contributed by atoms with Crippen LogP contribution in [0.1, 0.15) is 31.2 Å².